The van der Waals surface area contributed by atoms with Gasteiger partial charge in [0.05, 0.1) is 11.3 Å². The fourth-order valence-electron chi connectivity index (χ4n) is 2.84. The summed E-state index contributed by atoms with van der Waals surface area (Å²) in [5.74, 6) is 0.0172. The van der Waals surface area contributed by atoms with Crippen molar-refractivity contribution in [1.82, 2.24) is 4.98 Å². The molecule has 1 aromatic heterocycles. The summed E-state index contributed by atoms with van der Waals surface area (Å²) < 4.78 is 14.5. The zero-order valence-corrected chi connectivity index (χ0v) is 14.9. The van der Waals surface area contributed by atoms with E-state index in [4.69, 9.17) is 5.73 Å². The minimum absolute atomic E-state index is 0.260. The third-order valence-electron chi connectivity index (χ3n) is 4.74. The van der Waals surface area contributed by atoms with Crippen LogP contribution in [0.5, 0.6) is 0 Å². The lowest BCUT2D eigenvalue weighted by molar-refractivity contribution is 0.102. The van der Waals surface area contributed by atoms with Crippen molar-refractivity contribution >= 4 is 23.0 Å². The van der Waals surface area contributed by atoms with Crippen molar-refractivity contribution in [3.05, 3.63) is 65.9 Å². The minimum Gasteiger partial charge on any atom is -0.402 e. The Bertz CT molecular complexity index is 915. The van der Waals surface area contributed by atoms with Crippen LogP contribution in [0.15, 0.2) is 59.5 Å². The molecular formula is C21H21FN4O. The van der Waals surface area contributed by atoms with Gasteiger partial charge in [0.15, 0.2) is 5.82 Å². The third-order valence-corrected chi connectivity index (χ3v) is 4.74. The van der Waals surface area contributed by atoms with Gasteiger partial charge in [0.2, 0.25) is 0 Å². The lowest BCUT2D eigenvalue weighted by Gasteiger charge is -2.07. The van der Waals surface area contributed by atoms with E-state index in [-0.39, 0.29) is 11.6 Å². The van der Waals surface area contributed by atoms with Crippen LogP contribution < -0.4 is 11.1 Å². The summed E-state index contributed by atoms with van der Waals surface area (Å²) in [5, 5.41) is 2.67. The van der Waals surface area contributed by atoms with Gasteiger partial charge >= 0.3 is 0 Å². The standard InChI is InChI=1S/C21H21FN4O/c22-17-10-16(25-21(27)15-2-1-9-24-12-15)7-8-19(17)26-20(14-5-6-14)11-18(23)13-3-4-13/h1-2,7-14H,3-6,23H2,(H,25,27). The molecule has 4 rings (SSSR count). The van der Waals surface area contributed by atoms with Crippen LogP contribution in [0, 0.1) is 17.7 Å². The number of hydrogen-bond donors (Lipinski definition) is 2. The van der Waals surface area contributed by atoms with Crippen molar-refractivity contribution in [3.63, 3.8) is 0 Å². The molecule has 5 nitrogen and oxygen atoms in total. The van der Waals surface area contributed by atoms with Crippen LogP contribution in [0.4, 0.5) is 15.8 Å². The first-order valence-corrected chi connectivity index (χ1v) is 9.17. The maximum Gasteiger partial charge on any atom is 0.257 e. The van der Waals surface area contributed by atoms with E-state index in [9.17, 15) is 9.18 Å². The molecule has 0 atom stereocenters. The number of halogens is 1. The fourth-order valence-corrected chi connectivity index (χ4v) is 2.84. The number of pyridine rings is 1. The topological polar surface area (TPSA) is 80.4 Å². The molecule has 0 unspecified atom stereocenters. The number of allylic oxidation sites excluding steroid dienone is 2. The number of aliphatic imine (C=N–C) groups is 1. The van der Waals surface area contributed by atoms with Gasteiger partial charge in [0.1, 0.15) is 0 Å². The Balaban J connectivity index is 1.52. The molecule has 0 spiro atoms. The Morgan fingerprint density at radius 3 is 2.63 bits per heavy atom. The SMILES string of the molecule is NC(=CC(=Nc1ccc(NC(=O)c2cccnc2)cc1F)C1CC1)C1CC1. The highest BCUT2D eigenvalue weighted by Gasteiger charge is 2.29. The van der Waals surface area contributed by atoms with E-state index >= 15 is 0 Å². The van der Waals surface area contributed by atoms with Crippen molar-refractivity contribution in [2.45, 2.75) is 25.7 Å². The van der Waals surface area contributed by atoms with E-state index in [1.807, 2.05) is 6.08 Å². The second-order valence-electron chi connectivity index (χ2n) is 7.09. The van der Waals surface area contributed by atoms with Crippen LogP contribution in [0.25, 0.3) is 0 Å². The van der Waals surface area contributed by atoms with Crippen LogP contribution in [0.1, 0.15) is 36.0 Å². The number of hydrogen-bond acceptors (Lipinski definition) is 4. The third kappa shape index (κ3) is 4.39. The Morgan fingerprint density at radius 1 is 1.22 bits per heavy atom. The number of anilines is 1. The van der Waals surface area contributed by atoms with E-state index in [1.165, 1.54) is 12.3 Å². The van der Waals surface area contributed by atoms with Crippen molar-refractivity contribution in [2.24, 2.45) is 22.6 Å². The summed E-state index contributed by atoms with van der Waals surface area (Å²) in [6.45, 7) is 0. The van der Waals surface area contributed by atoms with Crippen molar-refractivity contribution in [2.75, 3.05) is 5.32 Å². The largest absolute Gasteiger partial charge is 0.402 e. The lowest BCUT2D eigenvalue weighted by Crippen LogP contribution is -2.12. The zero-order chi connectivity index (χ0) is 18.8. The first-order chi connectivity index (χ1) is 13.1. The molecule has 1 amide bonds. The zero-order valence-electron chi connectivity index (χ0n) is 14.9. The number of rotatable bonds is 6. The summed E-state index contributed by atoms with van der Waals surface area (Å²) >= 11 is 0. The quantitative estimate of drug-likeness (QED) is 0.754. The number of amides is 1. The second kappa shape index (κ2) is 7.31. The molecule has 0 saturated heterocycles. The molecule has 0 radical (unpaired) electrons. The Kier molecular flexibility index (Phi) is 4.71. The molecule has 2 aliphatic carbocycles. The van der Waals surface area contributed by atoms with E-state index in [0.29, 0.717) is 23.1 Å². The average molecular weight is 364 g/mol. The van der Waals surface area contributed by atoms with E-state index in [0.717, 1.165) is 37.1 Å². The van der Waals surface area contributed by atoms with Gasteiger partial charge in [-0.1, -0.05) is 0 Å². The number of nitrogens with zero attached hydrogens (tertiary/aromatic N) is 2. The molecule has 3 N–H and O–H groups in total. The van der Waals surface area contributed by atoms with Gasteiger partial charge in [0, 0.05) is 35.4 Å². The Morgan fingerprint density at radius 2 is 2.00 bits per heavy atom. The lowest BCUT2D eigenvalue weighted by atomic mass is 10.1. The molecular weight excluding hydrogens is 343 g/mol. The number of carbonyl (C=O) groups is 1. The van der Waals surface area contributed by atoms with Gasteiger partial charge in [-0.15, -0.1) is 0 Å². The van der Waals surface area contributed by atoms with E-state index < -0.39 is 5.82 Å². The van der Waals surface area contributed by atoms with Crippen molar-refractivity contribution in [3.8, 4) is 0 Å². The average Bonchev–Trinajstić information content (AvgIpc) is 3.56. The first kappa shape index (κ1) is 17.4. The highest BCUT2D eigenvalue weighted by atomic mass is 19.1. The summed E-state index contributed by atoms with van der Waals surface area (Å²) in [4.78, 5) is 20.6. The highest BCUT2D eigenvalue weighted by molar-refractivity contribution is 6.04. The minimum atomic E-state index is -0.476. The predicted octanol–water partition coefficient (Wildman–Crippen LogP) is 4.21. The summed E-state index contributed by atoms with van der Waals surface area (Å²) in [7, 11) is 0. The van der Waals surface area contributed by atoms with Gasteiger partial charge in [-0.05, 0) is 68.0 Å². The van der Waals surface area contributed by atoms with Gasteiger partial charge in [-0.2, -0.15) is 0 Å². The fraction of sp³-hybridized carbons (Fsp3) is 0.286. The number of aromatic nitrogens is 1. The van der Waals surface area contributed by atoms with Crippen LogP contribution in [0.3, 0.4) is 0 Å². The van der Waals surface area contributed by atoms with Crippen LogP contribution >= 0.6 is 0 Å². The van der Waals surface area contributed by atoms with Crippen molar-refractivity contribution in [1.29, 1.82) is 0 Å². The van der Waals surface area contributed by atoms with Gasteiger partial charge < -0.3 is 11.1 Å². The molecule has 2 aromatic rings. The number of nitrogens with one attached hydrogen (secondary N) is 1. The first-order valence-electron chi connectivity index (χ1n) is 9.17. The summed E-state index contributed by atoms with van der Waals surface area (Å²) in [6, 6.07) is 7.83. The van der Waals surface area contributed by atoms with Crippen LogP contribution in [0.2, 0.25) is 0 Å². The Hall–Kier alpha value is -3.02. The molecule has 2 saturated carbocycles. The maximum absolute atomic E-state index is 14.5. The monoisotopic (exact) mass is 364 g/mol. The molecule has 1 aromatic carbocycles. The number of nitrogens with two attached hydrogens (primary N) is 1. The van der Waals surface area contributed by atoms with Crippen LogP contribution in [-0.4, -0.2) is 16.6 Å². The number of benzene rings is 1. The van der Waals surface area contributed by atoms with E-state index in [1.54, 1.807) is 30.5 Å². The predicted molar refractivity (Wildman–Crippen MR) is 103 cm³/mol. The van der Waals surface area contributed by atoms with Gasteiger partial charge in [0.25, 0.3) is 5.91 Å². The van der Waals surface area contributed by atoms with E-state index in [2.05, 4.69) is 15.3 Å². The number of carbonyl (C=O) groups excluding carboxylic acids is 1. The second-order valence-corrected chi connectivity index (χ2v) is 7.09. The molecule has 6 heteroatoms. The molecule has 1 heterocycles. The molecule has 27 heavy (non-hydrogen) atoms. The molecule has 0 aliphatic heterocycles. The Labute approximate surface area is 157 Å². The van der Waals surface area contributed by atoms with Crippen molar-refractivity contribution < 1.29 is 9.18 Å². The maximum atomic E-state index is 14.5. The summed E-state index contributed by atoms with van der Waals surface area (Å²) in [6.07, 6.45) is 9.35. The molecule has 138 valence electrons. The highest BCUT2D eigenvalue weighted by Crippen LogP contribution is 2.37. The smallest absolute Gasteiger partial charge is 0.257 e. The van der Waals surface area contributed by atoms with Gasteiger partial charge in [-0.25, -0.2) is 4.39 Å². The molecule has 2 aliphatic rings. The molecule has 2 fully saturated rings. The van der Waals surface area contributed by atoms with Crippen LogP contribution in [-0.2, 0) is 0 Å². The normalized spacial score (nSPS) is 17.7. The molecule has 0 bridgehead atoms. The summed E-state index contributed by atoms with van der Waals surface area (Å²) in [5.41, 5.74) is 8.86. The van der Waals surface area contributed by atoms with Gasteiger partial charge in [-0.3, -0.25) is 14.8 Å².